The van der Waals surface area contributed by atoms with E-state index < -0.39 is 0 Å². The van der Waals surface area contributed by atoms with E-state index in [1.165, 1.54) is 0 Å². The van der Waals surface area contributed by atoms with Gasteiger partial charge in [-0.05, 0) is 24.1 Å². The van der Waals surface area contributed by atoms with Gasteiger partial charge in [0.05, 0.1) is 6.20 Å². The number of nitrogens with zero attached hydrogens (tertiary/aromatic N) is 1. The fourth-order valence-electron chi connectivity index (χ4n) is 1.87. The maximum atomic E-state index is 6.22. The number of halogens is 2. The molecule has 2 N–H and O–H groups in total. The van der Waals surface area contributed by atoms with Crippen molar-refractivity contribution in [3.05, 3.63) is 51.8 Å². The van der Waals surface area contributed by atoms with Crippen molar-refractivity contribution in [2.24, 2.45) is 0 Å². The van der Waals surface area contributed by atoms with Gasteiger partial charge in [0.2, 0.25) is 0 Å². The fourth-order valence-corrected chi connectivity index (χ4v) is 2.41. The quantitative estimate of drug-likeness (QED) is 0.872. The van der Waals surface area contributed by atoms with Crippen LogP contribution in [0.4, 0.5) is 0 Å². The third-order valence-electron chi connectivity index (χ3n) is 2.85. The number of H-pyrrole nitrogens is 1. The van der Waals surface area contributed by atoms with Crippen molar-refractivity contribution in [1.82, 2.24) is 15.5 Å². The summed E-state index contributed by atoms with van der Waals surface area (Å²) >= 11 is 12.1. The lowest BCUT2D eigenvalue weighted by molar-refractivity contribution is 0.519. The van der Waals surface area contributed by atoms with Crippen molar-refractivity contribution in [1.29, 1.82) is 0 Å². The number of nitrogens with one attached hydrogen (secondary N) is 2. The molecule has 1 aromatic carbocycles. The summed E-state index contributed by atoms with van der Waals surface area (Å²) in [5, 5.41) is 11.5. The Morgan fingerprint density at radius 3 is 2.83 bits per heavy atom. The van der Waals surface area contributed by atoms with E-state index in [4.69, 9.17) is 23.2 Å². The number of hydrogen-bond donors (Lipinski definition) is 2. The summed E-state index contributed by atoms with van der Waals surface area (Å²) in [7, 11) is 0. The minimum atomic E-state index is 0.213. The van der Waals surface area contributed by atoms with Gasteiger partial charge in [-0.1, -0.05) is 36.2 Å². The predicted octanol–water partition coefficient (Wildman–Crippen LogP) is 3.96. The van der Waals surface area contributed by atoms with Crippen LogP contribution >= 0.6 is 23.2 Å². The Morgan fingerprint density at radius 1 is 1.39 bits per heavy atom. The van der Waals surface area contributed by atoms with Gasteiger partial charge in [0.15, 0.2) is 0 Å². The Kier molecular flexibility index (Phi) is 4.64. The van der Waals surface area contributed by atoms with Gasteiger partial charge in [-0.3, -0.25) is 5.10 Å². The highest BCUT2D eigenvalue weighted by Gasteiger charge is 2.12. The Hall–Kier alpha value is -1.03. The molecule has 0 radical (unpaired) electrons. The van der Waals surface area contributed by atoms with Gasteiger partial charge in [0.25, 0.3) is 0 Å². The summed E-state index contributed by atoms with van der Waals surface area (Å²) in [6, 6.07) is 5.83. The first-order chi connectivity index (χ1) is 8.70. The SMILES string of the molecule is CCC(NCc1cn[nH]c1)c1ccc(Cl)cc1Cl. The van der Waals surface area contributed by atoms with Gasteiger partial charge in [-0.2, -0.15) is 5.10 Å². The Balaban J connectivity index is 2.08. The summed E-state index contributed by atoms with van der Waals surface area (Å²) in [6.07, 6.45) is 4.64. The minimum absolute atomic E-state index is 0.213. The third kappa shape index (κ3) is 3.25. The molecule has 0 saturated heterocycles. The molecule has 96 valence electrons. The van der Waals surface area contributed by atoms with Gasteiger partial charge in [-0.15, -0.1) is 0 Å². The summed E-state index contributed by atoms with van der Waals surface area (Å²) in [6.45, 7) is 2.88. The third-order valence-corrected chi connectivity index (χ3v) is 3.42. The molecule has 3 nitrogen and oxygen atoms in total. The second-order valence-electron chi connectivity index (χ2n) is 4.11. The summed E-state index contributed by atoms with van der Waals surface area (Å²) in [5.41, 5.74) is 2.20. The van der Waals surface area contributed by atoms with Crippen molar-refractivity contribution >= 4 is 23.2 Å². The lowest BCUT2D eigenvalue weighted by Gasteiger charge is -2.18. The Bertz CT molecular complexity index is 497. The van der Waals surface area contributed by atoms with Crippen LogP contribution in [0, 0.1) is 0 Å². The average molecular weight is 284 g/mol. The molecule has 0 spiro atoms. The predicted molar refractivity (Wildman–Crippen MR) is 74.9 cm³/mol. The van der Waals surface area contributed by atoms with E-state index in [9.17, 15) is 0 Å². The van der Waals surface area contributed by atoms with Gasteiger partial charge < -0.3 is 5.32 Å². The average Bonchev–Trinajstić information content (AvgIpc) is 2.85. The second-order valence-corrected chi connectivity index (χ2v) is 4.96. The van der Waals surface area contributed by atoms with Crippen molar-refractivity contribution in [3.8, 4) is 0 Å². The molecule has 1 atom stereocenters. The van der Waals surface area contributed by atoms with E-state index in [0.717, 1.165) is 24.1 Å². The van der Waals surface area contributed by atoms with Crippen LogP contribution in [-0.2, 0) is 6.54 Å². The first-order valence-electron chi connectivity index (χ1n) is 5.86. The Labute approximate surface area is 117 Å². The zero-order chi connectivity index (χ0) is 13.0. The van der Waals surface area contributed by atoms with E-state index in [0.29, 0.717) is 10.0 Å². The normalized spacial score (nSPS) is 12.6. The molecule has 1 aromatic heterocycles. The first-order valence-corrected chi connectivity index (χ1v) is 6.62. The summed E-state index contributed by atoms with van der Waals surface area (Å²) < 4.78 is 0. The molecular formula is C13H15Cl2N3. The first kappa shape index (κ1) is 13.4. The van der Waals surface area contributed by atoms with Crippen LogP contribution in [-0.4, -0.2) is 10.2 Å². The molecule has 0 amide bonds. The molecule has 18 heavy (non-hydrogen) atoms. The van der Waals surface area contributed by atoms with Gasteiger partial charge in [0, 0.05) is 34.4 Å². The van der Waals surface area contributed by atoms with E-state index in [1.807, 2.05) is 24.5 Å². The molecule has 0 fully saturated rings. The number of aromatic nitrogens is 2. The minimum Gasteiger partial charge on any atom is -0.306 e. The van der Waals surface area contributed by atoms with Gasteiger partial charge in [-0.25, -0.2) is 0 Å². The molecule has 0 aliphatic heterocycles. The van der Waals surface area contributed by atoms with Crippen LogP contribution in [0.25, 0.3) is 0 Å². The van der Waals surface area contributed by atoms with Crippen molar-refractivity contribution in [3.63, 3.8) is 0 Å². The van der Waals surface area contributed by atoms with Crippen LogP contribution in [0.2, 0.25) is 10.0 Å². The molecule has 0 saturated carbocycles. The lowest BCUT2D eigenvalue weighted by Crippen LogP contribution is -2.20. The van der Waals surface area contributed by atoms with E-state index in [2.05, 4.69) is 22.4 Å². The highest BCUT2D eigenvalue weighted by molar-refractivity contribution is 6.35. The van der Waals surface area contributed by atoms with Crippen LogP contribution in [0.15, 0.2) is 30.6 Å². The zero-order valence-electron chi connectivity index (χ0n) is 10.1. The maximum Gasteiger partial charge on any atom is 0.0532 e. The molecule has 1 unspecified atom stereocenters. The van der Waals surface area contributed by atoms with Crippen LogP contribution in [0.1, 0.15) is 30.5 Å². The van der Waals surface area contributed by atoms with E-state index in [-0.39, 0.29) is 6.04 Å². The standard InChI is InChI=1S/C13H15Cl2N3/c1-2-13(16-6-9-7-17-18-8-9)11-4-3-10(14)5-12(11)15/h3-5,7-8,13,16H,2,6H2,1H3,(H,17,18). The summed E-state index contributed by atoms with van der Waals surface area (Å²) in [5.74, 6) is 0. The van der Waals surface area contributed by atoms with Crippen LogP contribution in [0.5, 0.6) is 0 Å². The molecule has 1 heterocycles. The maximum absolute atomic E-state index is 6.22. The molecule has 0 aliphatic rings. The van der Waals surface area contributed by atoms with Crippen molar-refractivity contribution < 1.29 is 0 Å². The number of aromatic amines is 1. The summed E-state index contributed by atoms with van der Waals surface area (Å²) in [4.78, 5) is 0. The van der Waals surface area contributed by atoms with E-state index >= 15 is 0 Å². The fraction of sp³-hybridized carbons (Fsp3) is 0.308. The monoisotopic (exact) mass is 283 g/mol. The molecule has 5 heteroatoms. The van der Waals surface area contributed by atoms with Gasteiger partial charge >= 0.3 is 0 Å². The Morgan fingerprint density at radius 2 is 2.22 bits per heavy atom. The van der Waals surface area contributed by atoms with Crippen molar-refractivity contribution in [2.75, 3.05) is 0 Å². The van der Waals surface area contributed by atoms with Crippen molar-refractivity contribution in [2.45, 2.75) is 25.9 Å². The molecule has 2 rings (SSSR count). The highest BCUT2D eigenvalue weighted by atomic mass is 35.5. The number of hydrogen-bond acceptors (Lipinski definition) is 2. The number of benzene rings is 1. The molecule has 2 aromatic rings. The van der Waals surface area contributed by atoms with Crippen LogP contribution < -0.4 is 5.32 Å². The van der Waals surface area contributed by atoms with Crippen LogP contribution in [0.3, 0.4) is 0 Å². The van der Waals surface area contributed by atoms with Gasteiger partial charge in [0.1, 0.15) is 0 Å². The molecule has 0 bridgehead atoms. The number of rotatable bonds is 5. The highest BCUT2D eigenvalue weighted by Crippen LogP contribution is 2.28. The topological polar surface area (TPSA) is 40.7 Å². The lowest BCUT2D eigenvalue weighted by atomic mass is 10.0. The largest absolute Gasteiger partial charge is 0.306 e. The van der Waals surface area contributed by atoms with E-state index in [1.54, 1.807) is 6.07 Å². The zero-order valence-corrected chi connectivity index (χ0v) is 11.6. The molecular weight excluding hydrogens is 269 g/mol. The second kappa shape index (κ2) is 6.23. The molecule has 0 aliphatic carbocycles. The smallest absolute Gasteiger partial charge is 0.0532 e.